The van der Waals surface area contributed by atoms with Gasteiger partial charge in [0.05, 0.1) is 6.54 Å². The van der Waals surface area contributed by atoms with E-state index < -0.39 is 0 Å². The minimum Gasteiger partial charge on any atom is -0.347 e. The quantitative estimate of drug-likeness (QED) is 0.918. The van der Waals surface area contributed by atoms with Crippen LogP contribution in [0.3, 0.4) is 0 Å². The number of carbonyl (C=O) groups is 1. The van der Waals surface area contributed by atoms with Gasteiger partial charge in [0.15, 0.2) is 0 Å². The number of amides is 1. The number of carbonyl (C=O) groups excluding carboxylic acids is 1. The number of hydrogen-bond acceptors (Lipinski definition) is 4. The molecule has 0 aliphatic heterocycles. The van der Waals surface area contributed by atoms with Crippen molar-refractivity contribution in [2.45, 2.75) is 52.5 Å². The van der Waals surface area contributed by atoms with Gasteiger partial charge >= 0.3 is 0 Å². The Bertz CT molecular complexity index is 624. The van der Waals surface area contributed by atoms with Gasteiger partial charge in [-0.3, -0.25) is 4.79 Å². The molecule has 0 bridgehead atoms. The van der Waals surface area contributed by atoms with Crippen molar-refractivity contribution in [3.8, 4) is 11.4 Å². The highest BCUT2D eigenvalue weighted by atomic mass is 16.5. The van der Waals surface area contributed by atoms with Crippen molar-refractivity contribution in [1.29, 1.82) is 0 Å². The first-order chi connectivity index (χ1) is 10.4. The Balaban J connectivity index is 2.03. The Hall–Kier alpha value is -2.17. The van der Waals surface area contributed by atoms with Crippen molar-refractivity contribution in [3.05, 3.63) is 35.7 Å². The van der Waals surface area contributed by atoms with E-state index in [-0.39, 0.29) is 17.9 Å². The number of rotatable bonds is 5. The molecule has 0 radical (unpaired) electrons. The van der Waals surface area contributed by atoms with Gasteiger partial charge in [0.2, 0.25) is 17.6 Å². The summed E-state index contributed by atoms with van der Waals surface area (Å²) in [5.74, 6) is 0.955. The zero-order valence-electron chi connectivity index (χ0n) is 13.6. The second-order valence-corrected chi connectivity index (χ2v) is 6.37. The van der Waals surface area contributed by atoms with Crippen LogP contribution in [0.4, 0.5) is 0 Å². The van der Waals surface area contributed by atoms with Crippen LogP contribution in [0.15, 0.2) is 28.8 Å². The molecule has 1 amide bonds. The summed E-state index contributed by atoms with van der Waals surface area (Å²) in [6, 6.07) is 8.14. The van der Waals surface area contributed by atoms with Crippen LogP contribution in [0.25, 0.3) is 11.4 Å². The molecule has 0 spiro atoms. The molecule has 2 aromatic rings. The molecule has 0 aliphatic rings. The molecular formula is C17H23N3O2. The summed E-state index contributed by atoms with van der Waals surface area (Å²) in [7, 11) is 0. The molecule has 0 unspecified atom stereocenters. The van der Waals surface area contributed by atoms with E-state index in [4.69, 9.17) is 4.52 Å². The Morgan fingerprint density at radius 1 is 1.23 bits per heavy atom. The first-order valence-electron chi connectivity index (χ1n) is 7.60. The monoisotopic (exact) mass is 301 g/mol. The van der Waals surface area contributed by atoms with Crippen LogP contribution in [0, 0.1) is 0 Å². The van der Waals surface area contributed by atoms with Crippen molar-refractivity contribution in [3.63, 3.8) is 0 Å². The van der Waals surface area contributed by atoms with Gasteiger partial charge in [0.1, 0.15) is 0 Å². The van der Waals surface area contributed by atoms with Gasteiger partial charge in [0, 0.05) is 12.0 Å². The van der Waals surface area contributed by atoms with E-state index in [2.05, 4.69) is 48.4 Å². The maximum atomic E-state index is 11.4. The minimum atomic E-state index is -0.00298. The zero-order chi connectivity index (χ0) is 16.2. The Morgan fingerprint density at radius 3 is 2.50 bits per heavy atom. The maximum absolute atomic E-state index is 11.4. The summed E-state index contributed by atoms with van der Waals surface area (Å²) >= 11 is 0. The van der Waals surface area contributed by atoms with Gasteiger partial charge < -0.3 is 9.84 Å². The molecule has 22 heavy (non-hydrogen) atoms. The van der Waals surface area contributed by atoms with Crippen LogP contribution in [-0.4, -0.2) is 16.0 Å². The third-order valence-corrected chi connectivity index (χ3v) is 3.39. The minimum absolute atomic E-state index is 0.00298. The molecule has 1 N–H and O–H groups in total. The molecule has 0 fully saturated rings. The molecule has 0 saturated carbocycles. The maximum Gasteiger partial charge on any atom is 0.246 e. The lowest BCUT2D eigenvalue weighted by atomic mass is 9.87. The molecule has 118 valence electrons. The normalized spacial score (nSPS) is 11.5. The van der Waals surface area contributed by atoms with Crippen LogP contribution < -0.4 is 5.32 Å². The predicted molar refractivity (Wildman–Crippen MR) is 85.2 cm³/mol. The van der Waals surface area contributed by atoms with E-state index in [0.717, 1.165) is 12.0 Å². The number of aromatic nitrogens is 2. The fraction of sp³-hybridized carbons (Fsp3) is 0.471. The van der Waals surface area contributed by atoms with Crippen LogP contribution in [0.5, 0.6) is 0 Å². The van der Waals surface area contributed by atoms with Gasteiger partial charge in [-0.1, -0.05) is 57.1 Å². The summed E-state index contributed by atoms with van der Waals surface area (Å²) in [4.78, 5) is 15.7. The molecule has 5 heteroatoms. The van der Waals surface area contributed by atoms with Gasteiger partial charge in [-0.05, 0) is 17.4 Å². The second-order valence-electron chi connectivity index (χ2n) is 6.37. The van der Waals surface area contributed by atoms with Gasteiger partial charge in [-0.2, -0.15) is 4.98 Å². The lowest BCUT2D eigenvalue weighted by Crippen LogP contribution is -2.22. The Morgan fingerprint density at radius 2 is 1.91 bits per heavy atom. The first kappa shape index (κ1) is 16.2. The third-order valence-electron chi connectivity index (χ3n) is 3.39. The molecule has 0 aliphatic carbocycles. The smallest absolute Gasteiger partial charge is 0.246 e. The van der Waals surface area contributed by atoms with E-state index in [1.807, 2.05) is 19.1 Å². The average molecular weight is 301 g/mol. The van der Waals surface area contributed by atoms with Gasteiger partial charge in [0.25, 0.3) is 0 Å². The average Bonchev–Trinajstić information content (AvgIpc) is 2.93. The Labute approximate surface area is 131 Å². The number of benzene rings is 1. The zero-order valence-corrected chi connectivity index (χ0v) is 13.6. The van der Waals surface area contributed by atoms with E-state index in [0.29, 0.717) is 18.1 Å². The lowest BCUT2D eigenvalue weighted by molar-refractivity contribution is -0.121. The topological polar surface area (TPSA) is 68.0 Å². The number of nitrogens with one attached hydrogen (secondary N) is 1. The largest absolute Gasteiger partial charge is 0.347 e. The summed E-state index contributed by atoms with van der Waals surface area (Å²) in [5.41, 5.74) is 2.28. The SMILES string of the molecule is CCCC(=O)NCc1nc(-c2ccc(C(C)(C)C)cc2)no1. The number of nitrogens with zero attached hydrogens (tertiary/aromatic N) is 2. The summed E-state index contributed by atoms with van der Waals surface area (Å²) in [6.45, 7) is 8.76. The molecule has 0 saturated heterocycles. The molecule has 1 heterocycles. The molecular weight excluding hydrogens is 278 g/mol. The number of hydrogen-bond donors (Lipinski definition) is 1. The highest BCUT2D eigenvalue weighted by Gasteiger charge is 2.14. The Kier molecular flexibility index (Phi) is 4.96. The van der Waals surface area contributed by atoms with Crippen molar-refractivity contribution < 1.29 is 9.32 Å². The molecule has 5 nitrogen and oxygen atoms in total. The second kappa shape index (κ2) is 6.73. The predicted octanol–water partition coefficient (Wildman–Crippen LogP) is 3.45. The van der Waals surface area contributed by atoms with Gasteiger partial charge in [-0.25, -0.2) is 0 Å². The van der Waals surface area contributed by atoms with E-state index in [9.17, 15) is 4.79 Å². The molecule has 2 rings (SSSR count). The van der Waals surface area contributed by atoms with E-state index in [1.54, 1.807) is 0 Å². The molecule has 1 aromatic heterocycles. The molecule has 0 atom stereocenters. The highest BCUT2D eigenvalue weighted by Crippen LogP contribution is 2.24. The van der Waals surface area contributed by atoms with Gasteiger partial charge in [-0.15, -0.1) is 0 Å². The van der Waals surface area contributed by atoms with Crippen LogP contribution in [0.1, 0.15) is 52.0 Å². The van der Waals surface area contributed by atoms with E-state index >= 15 is 0 Å². The van der Waals surface area contributed by atoms with Crippen LogP contribution >= 0.6 is 0 Å². The van der Waals surface area contributed by atoms with Crippen molar-refractivity contribution in [2.24, 2.45) is 0 Å². The van der Waals surface area contributed by atoms with Crippen molar-refractivity contribution in [1.82, 2.24) is 15.5 Å². The summed E-state index contributed by atoms with van der Waals surface area (Å²) < 4.78 is 5.17. The van der Waals surface area contributed by atoms with Crippen LogP contribution in [0.2, 0.25) is 0 Å². The van der Waals surface area contributed by atoms with Crippen LogP contribution in [-0.2, 0) is 16.8 Å². The standard InChI is InChI=1S/C17H23N3O2/c1-5-6-14(21)18-11-15-19-16(20-22-15)12-7-9-13(10-8-12)17(2,3)4/h7-10H,5-6,11H2,1-4H3,(H,18,21). The fourth-order valence-corrected chi connectivity index (χ4v) is 2.05. The highest BCUT2D eigenvalue weighted by molar-refractivity contribution is 5.75. The summed E-state index contributed by atoms with van der Waals surface area (Å²) in [6.07, 6.45) is 1.33. The third kappa shape index (κ3) is 4.16. The van der Waals surface area contributed by atoms with Crippen molar-refractivity contribution in [2.75, 3.05) is 0 Å². The summed E-state index contributed by atoms with van der Waals surface area (Å²) in [5, 5.41) is 6.72. The molecule has 1 aromatic carbocycles. The fourth-order valence-electron chi connectivity index (χ4n) is 2.05. The van der Waals surface area contributed by atoms with Crippen molar-refractivity contribution >= 4 is 5.91 Å². The van der Waals surface area contributed by atoms with E-state index in [1.165, 1.54) is 5.56 Å². The first-order valence-corrected chi connectivity index (χ1v) is 7.60. The lowest BCUT2D eigenvalue weighted by Gasteiger charge is -2.18.